The van der Waals surface area contributed by atoms with Crippen LogP contribution in [0.2, 0.25) is 0 Å². The average Bonchev–Trinajstić information content (AvgIpc) is 2.57. The molecule has 6 heteroatoms. The Morgan fingerprint density at radius 1 is 1.00 bits per heavy atom. The number of hydrogen-bond donors (Lipinski definition) is 0. The zero-order valence-electron chi connectivity index (χ0n) is 12.9. The van der Waals surface area contributed by atoms with Crippen LogP contribution in [0.3, 0.4) is 0 Å². The van der Waals surface area contributed by atoms with Crippen molar-refractivity contribution in [1.29, 1.82) is 0 Å². The molecule has 0 unspecified atom stereocenters. The monoisotopic (exact) mass is 324 g/mol. The van der Waals surface area contributed by atoms with Gasteiger partial charge in [0.25, 0.3) is 0 Å². The minimum Gasteiger partial charge on any atom is -0.379 e. The molecule has 2 aliphatic rings. The molecule has 1 aromatic carbocycles. The van der Waals surface area contributed by atoms with Gasteiger partial charge in [0.05, 0.1) is 18.1 Å². The van der Waals surface area contributed by atoms with E-state index in [0.717, 1.165) is 25.2 Å². The average molecular weight is 324 g/mol. The van der Waals surface area contributed by atoms with Gasteiger partial charge in [-0.3, -0.25) is 4.90 Å². The summed E-state index contributed by atoms with van der Waals surface area (Å²) in [4.78, 5) is 2.81. The van der Waals surface area contributed by atoms with E-state index in [-0.39, 0.29) is 0 Å². The first kappa shape index (κ1) is 15.9. The largest absolute Gasteiger partial charge is 0.379 e. The molecule has 0 bridgehead atoms. The van der Waals surface area contributed by atoms with Crippen molar-refractivity contribution in [3.8, 4) is 0 Å². The van der Waals surface area contributed by atoms with Gasteiger partial charge in [-0.15, -0.1) is 0 Å². The lowest BCUT2D eigenvalue weighted by Crippen LogP contribution is -2.40. The van der Waals surface area contributed by atoms with Crippen LogP contribution >= 0.6 is 0 Å². The molecule has 0 atom stereocenters. The lowest BCUT2D eigenvalue weighted by molar-refractivity contribution is 0.0730. The van der Waals surface area contributed by atoms with Gasteiger partial charge < -0.3 is 4.74 Å². The molecule has 1 aromatic rings. The van der Waals surface area contributed by atoms with Crippen LogP contribution in [0.25, 0.3) is 0 Å². The summed E-state index contributed by atoms with van der Waals surface area (Å²) in [7, 11) is -3.39. The van der Waals surface area contributed by atoms with Crippen molar-refractivity contribution in [3.63, 3.8) is 0 Å². The van der Waals surface area contributed by atoms with Gasteiger partial charge in [0.2, 0.25) is 10.0 Å². The quantitative estimate of drug-likeness (QED) is 0.846. The Morgan fingerprint density at radius 3 is 2.45 bits per heavy atom. The molecule has 0 radical (unpaired) electrons. The van der Waals surface area contributed by atoms with Crippen molar-refractivity contribution in [2.75, 3.05) is 39.4 Å². The van der Waals surface area contributed by atoms with Gasteiger partial charge in [0.1, 0.15) is 0 Å². The normalized spacial score (nSPS) is 21.8. The second-order valence-electron chi connectivity index (χ2n) is 6.00. The molecule has 2 aliphatic heterocycles. The Bertz CT molecular complexity index is 591. The van der Waals surface area contributed by atoms with Crippen LogP contribution in [0.1, 0.15) is 24.8 Å². The van der Waals surface area contributed by atoms with Gasteiger partial charge >= 0.3 is 0 Å². The van der Waals surface area contributed by atoms with E-state index in [1.807, 2.05) is 18.2 Å². The van der Waals surface area contributed by atoms with Crippen LogP contribution in [0.15, 0.2) is 29.2 Å². The van der Waals surface area contributed by atoms with Crippen LogP contribution in [0.4, 0.5) is 0 Å². The molecule has 0 spiro atoms. The van der Waals surface area contributed by atoms with E-state index in [1.165, 1.54) is 23.6 Å². The summed E-state index contributed by atoms with van der Waals surface area (Å²) < 4.78 is 32.1. The highest BCUT2D eigenvalue weighted by molar-refractivity contribution is 7.89. The van der Waals surface area contributed by atoms with Gasteiger partial charge in [-0.2, -0.15) is 4.31 Å². The molecule has 0 N–H and O–H groups in total. The first-order valence-electron chi connectivity index (χ1n) is 8.05. The molecule has 2 heterocycles. The predicted octanol–water partition coefficient (Wildman–Crippen LogP) is 1.69. The standard InChI is InChI=1S/C16H24N2O3S/c19-22(20,18-9-11-21-12-10-18)16-6-4-5-15(13-16)14-17-7-2-1-3-8-17/h4-6,13H,1-3,7-12,14H2. The van der Waals surface area contributed by atoms with E-state index in [4.69, 9.17) is 4.74 Å². The fourth-order valence-corrected chi connectivity index (χ4v) is 4.59. The molecule has 2 fully saturated rings. The van der Waals surface area contributed by atoms with Gasteiger partial charge in [0.15, 0.2) is 0 Å². The van der Waals surface area contributed by atoms with Crippen molar-refractivity contribution in [2.45, 2.75) is 30.7 Å². The summed E-state index contributed by atoms with van der Waals surface area (Å²) >= 11 is 0. The van der Waals surface area contributed by atoms with E-state index >= 15 is 0 Å². The summed E-state index contributed by atoms with van der Waals surface area (Å²) in [6, 6.07) is 7.41. The Kier molecular flexibility index (Phi) is 5.13. The van der Waals surface area contributed by atoms with E-state index in [0.29, 0.717) is 31.2 Å². The molecule has 3 rings (SSSR count). The number of ether oxygens (including phenoxy) is 1. The molecule has 0 aliphatic carbocycles. The fraction of sp³-hybridized carbons (Fsp3) is 0.625. The topological polar surface area (TPSA) is 49.9 Å². The van der Waals surface area contributed by atoms with Crippen molar-refractivity contribution in [2.24, 2.45) is 0 Å². The number of morpholine rings is 1. The summed E-state index contributed by atoms with van der Waals surface area (Å²) in [5, 5.41) is 0. The molecule has 122 valence electrons. The minimum atomic E-state index is -3.39. The highest BCUT2D eigenvalue weighted by atomic mass is 32.2. The van der Waals surface area contributed by atoms with Crippen molar-refractivity contribution in [3.05, 3.63) is 29.8 Å². The minimum absolute atomic E-state index is 0.406. The van der Waals surface area contributed by atoms with Crippen molar-refractivity contribution in [1.82, 2.24) is 9.21 Å². The zero-order chi connectivity index (χ0) is 15.4. The van der Waals surface area contributed by atoms with Crippen molar-refractivity contribution >= 4 is 10.0 Å². The SMILES string of the molecule is O=S(=O)(c1cccc(CN2CCCCC2)c1)N1CCOCC1. The van der Waals surface area contributed by atoms with Crippen LogP contribution in [0.5, 0.6) is 0 Å². The number of hydrogen-bond acceptors (Lipinski definition) is 4. The van der Waals surface area contributed by atoms with Gasteiger partial charge in [-0.1, -0.05) is 18.6 Å². The third-order valence-electron chi connectivity index (χ3n) is 4.36. The van der Waals surface area contributed by atoms with Crippen LogP contribution in [0, 0.1) is 0 Å². The van der Waals surface area contributed by atoms with Gasteiger partial charge in [-0.25, -0.2) is 8.42 Å². The molecule has 0 amide bonds. The van der Waals surface area contributed by atoms with Crippen LogP contribution < -0.4 is 0 Å². The highest BCUT2D eigenvalue weighted by Crippen LogP contribution is 2.20. The summed E-state index contributed by atoms with van der Waals surface area (Å²) in [6.07, 6.45) is 3.79. The van der Waals surface area contributed by atoms with E-state index in [1.54, 1.807) is 6.07 Å². The lowest BCUT2D eigenvalue weighted by atomic mass is 10.1. The Hall–Kier alpha value is -0.950. The summed E-state index contributed by atoms with van der Waals surface area (Å²) in [5.74, 6) is 0. The Morgan fingerprint density at radius 2 is 1.73 bits per heavy atom. The number of nitrogens with zero attached hydrogens (tertiary/aromatic N) is 2. The number of piperidine rings is 1. The van der Waals surface area contributed by atoms with Crippen molar-refractivity contribution < 1.29 is 13.2 Å². The summed E-state index contributed by atoms with van der Waals surface area (Å²) in [6.45, 7) is 4.91. The zero-order valence-corrected chi connectivity index (χ0v) is 13.7. The summed E-state index contributed by atoms with van der Waals surface area (Å²) in [5.41, 5.74) is 1.08. The molecule has 22 heavy (non-hydrogen) atoms. The fourth-order valence-electron chi connectivity index (χ4n) is 3.12. The van der Waals surface area contributed by atoms with Crippen LogP contribution in [-0.4, -0.2) is 57.0 Å². The third-order valence-corrected chi connectivity index (χ3v) is 6.26. The van der Waals surface area contributed by atoms with Gasteiger partial charge in [0, 0.05) is 19.6 Å². The second kappa shape index (κ2) is 7.08. The highest BCUT2D eigenvalue weighted by Gasteiger charge is 2.26. The maximum Gasteiger partial charge on any atom is 0.243 e. The third kappa shape index (κ3) is 3.68. The maximum atomic E-state index is 12.7. The van der Waals surface area contributed by atoms with Crippen LogP contribution in [-0.2, 0) is 21.3 Å². The smallest absolute Gasteiger partial charge is 0.243 e. The van der Waals surface area contributed by atoms with Gasteiger partial charge in [-0.05, 0) is 43.6 Å². The number of likely N-dealkylation sites (tertiary alicyclic amines) is 1. The predicted molar refractivity (Wildman–Crippen MR) is 85.1 cm³/mol. The maximum absolute atomic E-state index is 12.7. The molecule has 5 nitrogen and oxygen atoms in total. The number of rotatable bonds is 4. The number of sulfonamides is 1. The molecular formula is C16H24N2O3S. The Balaban J connectivity index is 1.74. The van der Waals surface area contributed by atoms with E-state index in [9.17, 15) is 8.42 Å². The molecular weight excluding hydrogens is 300 g/mol. The van der Waals surface area contributed by atoms with E-state index in [2.05, 4.69) is 4.90 Å². The van der Waals surface area contributed by atoms with E-state index < -0.39 is 10.0 Å². The first-order valence-corrected chi connectivity index (χ1v) is 9.49. The number of benzene rings is 1. The second-order valence-corrected chi connectivity index (χ2v) is 7.94. The first-order chi connectivity index (χ1) is 10.7. The Labute approximate surface area is 132 Å². The lowest BCUT2D eigenvalue weighted by Gasteiger charge is -2.27. The molecule has 0 aromatic heterocycles. The molecule has 2 saturated heterocycles. The molecule has 0 saturated carbocycles.